The summed E-state index contributed by atoms with van der Waals surface area (Å²) in [5.74, 6) is 0. The minimum Gasteiger partial charge on any atom is -0.310 e. The molecule has 0 saturated carbocycles. The standard InChI is InChI=1S/C12H25FN2/c1-9(2)15(12(3,4)5)8-11-6-10(13)7-14-11/h9-11,14H,6-8H2,1-5H3. The lowest BCUT2D eigenvalue weighted by Gasteiger charge is -2.40. The van der Waals surface area contributed by atoms with Crippen molar-refractivity contribution in [3.8, 4) is 0 Å². The van der Waals surface area contributed by atoms with Crippen molar-refractivity contribution in [2.75, 3.05) is 13.1 Å². The summed E-state index contributed by atoms with van der Waals surface area (Å²) in [6, 6.07) is 0.826. The molecule has 1 saturated heterocycles. The number of nitrogens with one attached hydrogen (secondary N) is 1. The molecule has 0 radical (unpaired) electrons. The molecule has 0 amide bonds. The highest BCUT2D eigenvalue weighted by molar-refractivity contribution is 4.88. The lowest BCUT2D eigenvalue weighted by Crippen LogP contribution is -2.50. The molecule has 0 bridgehead atoms. The first-order chi connectivity index (χ1) is 6.80. The van der Waals surface area contributed by atoms with E-state index in [0.717, 1.165) is 6.54 Å². The Bertz CT molecular complexity index is 198. The summed E-state index contributed by atoms with van der Waals surface area (Å²) >= 11 is 0. The predicted octanol–water partition coefficient (Wildman–Crippen LogP) is 2.20. The van der Waals surface area contributed by atoms with Crippen LogP contribution in [0.3, 0.4) is 0 Å². The van der Waals surface area contributed by atoms with Crippen LogP contribution in [0.25, 0.3) is 0 Å². The zero-order valence-electron chi connectivity index (χ0n) is 10.7. The van der Waals surface area contributed by atoms with Crippen molar-refractivity contribution in [2.24, 2.45) is 0 Å². The average Bonchev–Trinajstić information content (AvgIpc) is 2.44. The van der Waals surface area contributed by atoms with Gasteiger partial charge in [-0.2, -0.15) is 0 Å². The van der Waals surface area contributed by atoms with Crippen molar-refractivity contribution in [2.45, 2.75) is 64.8 Å². The van der Waals surface area contributed by atoms with Crippen LogP contribution in [0.5, 0.6) is 0 Å². The molecule has 0 aliphatic carbocycles. The molecule has 2 unspecified atom stereocenters. The van der Waals surface area contributed by atoms with Gasteiger partial charge in [-0.1, -0.05) is 0 Å². The SMILES string of the molecule is CC(C)N(CC1CC(F)CN1)C(C)(C)C. The third-order valence-corrected chi connectivity index (χ3v) is 3.07. The lowest BCUT2D eigenvalue weighted by atomic mass is 10.0. The van der Waals surface area contributed by atoms with Crippen LogP contribution >= 0.6 is 0 Å². The Labute approximate surface area is 93.2 Å². The number of hydrogen-bond acceptors (Lipinski definition) is 2. The molecule has 1 fully saturated rings. The number of hydrogen-bond donors (Lipinski definition) is 1. The van der Waals surface area contributed by atoms with Gasteiger partial charge in [0.1, 0.15) is 6.17 Å². The highest BCUT2D eigenvalue weighted by atomic mass is 19.1. The Balaban J connectivity index is 2.52. The van der Waals surface area contributed by atoms with Crippen LogP contribution in [0.1, 0.15) is 41.0 Å². The minimum atomic E-state index is -0.649. The van der Waals surface area contributed by atoms with E-state index >= 15 is 0 Å². The second kappa shape index (κ2) is 4.79. The fourth-order valence-electron chi connectivity index (χ4n) is 2.41. The van der Waals surface area contributed by atoms with E-state index in [-0.39, 0.29) is 5.54 Å². The van der Waals surface area contributed by atoms with Crippen molar-refractivity contribution in [3.63, 3.8) is 0 Å². The van der Waals surface area contributed by atoms with E-state index in [1.165, 1.54) is 0 Å². The lowest BCUT2D eigenvalue weighted by molar-refractivity contribution is 0.0877. The Morgan fingerprint density at radius 3 is 2.33 bits per heavy atom. The fraction of sp³-hybridized carbons (Fsp3) is 1.00. The Morgan fingerprint density at radius 1 is 1.40 bits per heavy atom. The van der Waals surface area contributed by atoms with Crippen LogP contribution in [0.4, 0.5) is 4.39 Å². The van der Waals surface area contributed by atoms with Crippen molar-refractivity contribution in [3.05, 3.63) is 0 Å². The Morgan fingerprint density at radius 2 is 2.00 bits per heavy atom. The molecule has 1 N–H and O–H groups in total. The average molecular weight is 216 g/mol. The van der Waals surface area contributed by atoms with Crippen LogP contribution in [0.15, 0.2) is 0 Å². The molecule has 1 rings (SSSR count). The van der Waals surface area contributed by atoms with Crippen molar-refractivity contribution in [1.82, 2.24) is 10.2 Å². The summed E-state index contributed by atoms with van der Waals surface area (Å²) in [7, 11) is 0. The van der Waals surface area contributed by atoms with Gasteiger partial charge >= 0.3 is 0 Å². The fourth-order valence-corrected chi connectivity index (χ4v) is 2.41. The molecule has 0 aromatic rings. The van der Waals surface area contributed by atoms with Gasteiger partial charge in [0, 0.05) is 30.7 Å². The number of alkyl halides is 1. The molecule has 1 heterocycles. The van der Waals surface area contributed by atoms with Crippen molar-refractivity contribution >= 4 is 0 Å². The summed E-state index contributed by atoms with van der Waals surface area (Å²) in [5.41, 5.74) is 0.157. The summed E-state index contributed by atoms with van der Waals surface area (Å²) in [5, 5.41) is 3.25. The Kier molecular flexibility index (Phi) is 4.13. The normalized spacial score (nSPS) is 28.0. The van der Waals surface area contributed by atoms with Gasteiger partial charge in [-0.05, 0) is 41.0 Å². The van der Waals surface area contributed by atoms with E-state index in [2.05, 4.69) is 44.8 Å². The van der Waals surface area contributed by atoms with Crippen LogP contribution in [0.2, 0.25) is 0 Å². The maximum atomic E-state index is 13.0. The van der Waals surface area contributed by atoms with E-state index in [1.54, 1.807) is 0 Å². The minimum absolute atomic E-state index is 0.157. The zero-order valence-corrected chi connectivity index (χ0v) is 10.7. The van der Waals surface area contributed by atoms with Gasteiger partial charge < -0.3 is 5.32 Å². The summed E-state index contributed by atoms with van der Waals surface area (Å²) in [6.07, 6.45) is 0.0169. The molecule has 2 nitrogen and oxygen atoms in total. The van der Waals surface area contributed by atoms with E-state index in [4.69, 9.17) is 0 Å². The van der Waals surface area contributed by atoms with Gasteiger partial charge in [0.25, 0.3) is 0 Å². The summed E-state index contributed by atoms with van der Waals surface area (Å²) in [6.45, 7) is 12.5. The molecule has 0 aromatic carbocycles. The smallest absolute Gasteiger partial charge is 0.114 e. The van der Waals surface area contributed by atoms with E-state index < -0.39 is 6.17 Å². The molecule has 1 aliphatic heterocycles. The van der Waals surface area contributed by atoms with Crippen LogP contribution < -0.4 is 5.32 Å². The van der Waals surface area contributed by atoms with Gasteiger partial charge in [-0.15, -0.1) is 0 Å². The maximum Gasteiger partial charge on any atom is 0.114 e. The molecule has 15 heavy (non-hydrogen) atoms. The van der Waals surface area contributed by atoms with Gasteiger partial charge in [0.05, 0.1) is 0 Å². The van der Waals surface area contributed by atoms with Gasteiger partial charge in [-0.25, -0.2) is 4.39 Å². The number of halogens is 1. The molecule has 2 atom stereocenters. The molecule has 0 spiro atoms. The quantitative estimate of drug-likeness (QED) is 0.778. The first-order valence-electron chi connectivity index (χ1n) is 5.95. The molecule has 0 aromatic heterocycles. The molecule has 90 valence electrons. The highest BCUT2D eigenvalue weighted by Crippen LogP contribution is 2.20. The first-order valence-corrected chi connectivity index (χ1v) is 5.95. The second-order valence-corrected chi connectivity index (χ2v) is 5.86. The second-order valence-electron chi connectivity index (χ2n) is 5.86. The van der Waals surface area contributed by atoms with Crippen LogP contribution in [-0.2, 0) is 0 Å². The summed E-state index contributed by atoms with van der Waals surface area (Å²) in [4.78, 5) is 2.43. The van der Waals surface area contributed by atoms with Gasteiger partial charge in [-0.3, -0.25) is 4.90 Å². The monoisotopic (exact) mass is 216 g/mol. The third kappa shape index (κ3) is 3.72. The Hall–Kier alpha value is -0.150. The summed E-state index contributed by atoms with van der Waals surface area (Å²) < 4.78 is 13.0. The van der Waals surface area contributed by atoms with E-state index in [0.29, 0.717) is 25.0 Å². The largest absolute Gasteiger partial charge is 0.310 e. The molecular weight excluding hydrogens is 191 g/mol. The number of nitrogens with zero attached hydrogens (tertiary/aromatic N) is 1. The van der Waals surface area contributed by atoms with Gasteiger partial charge in [0.15, 0.2) is 0 Å². The topological polar surface area (TPSA) is 15.3 Å². The molecule has 3 heteroatoms. The van der Waals surface area contributed by atoms with Crippen molar-refractivity contribution in [1.29, 1.82) is 0 Å². The molecule has 1 aliphatic rings. The van der Waals surface area contributed by atoms with E-state index in [9.17, 15) is 4.39 Å². The first kappa shape index (κ1) is 12.9. The predicted molar refractivity (Wildman–Crippen MR) is 62.9 cm³/mol. The number of rotatable bonds is 3. The highest BCUT2D eigenvalue weighted by Gasteiger charge is 2.30. The third-order valence-electron chi connectivity index (χ3n) is 3.07. The van der Waals surface area contributed by atoms with E-state index in [1.807, 2.05) is 0 Å². The van der Waals surface area contributed by atoms with Crippen LogP contribution in [0, 0.1) is 0 Å². The maximum absolute atomic E-state index is 13.0. The zero-order chi connectivity index (χ0) is 11.6. The van der Waals surface area contributed by atoms with Gasteiger partial charge in [0.2, 0.25) is 0 Å². The van der Waals surface area contributed by atoms with Crippen LogP contribution in [-0.4, -0.2) is 41.8 Å². The molecular formula is C12H25FN2. The van der Waals surface area contributed by atoms with Crippen molar-refractivity contribution < 1.29 is 4.39 Å².